The molecular formula is C30H19ClF4NNaO2S. The van der Waals surface area contributed by atoms with E-state index in [0.29, 0.717) is 22.2 Å². The first-order valence-electron chi connectivity index (χ1n) is 11.9. The van der Waals surface area contributed by atoms with E-state index in [4.69, 9.17) is 11.6 Å². The summed E-state index contributed by atoms with van der Waals surface area (Å²) in [5.41, 5.74) is 3.23. The van der Waals surface area contributed by atoms with Gasteiger partial charge < -0.3 is 9.90 Å². The number of aliphatic carboxylic acids is 1. The van der Waals surface area contributed by atoms with Gasteiger partial charge in [0.1, 0.15) is 5.82 Å². The molecule has 0 aliphatic heterocycles. The molecule has 1 aromatic heterocycles. The number of hydrogen-bond donors (Lipinski definition) is 0. The van der Waals surface area contributed by atoms with Gasteiger partial charge in [-0.2, -0.15) is 13.2 Å². The van der Waals surface area contributed by atoms with E-state index in [-0.39, 0.29) is 52.3 Å². The summed E-state index contributed by atoms with van der Waals surface area (Å²) in [5, 5.41) is 11.1. The van der Waals surface area contributed by atoms with E-state index in [1.165, 1.54) is 36.0 Å². The molecule has 1 unspecified atom stereocenters. The standard InChI is InChI=1S/C30H20ClF4NO2S.Na/c31-25-16-27-19(15-26(25)32)7-10-20(36-27)9-5-17-4-6-18-8-11-21-22(2-1-3-24(21)30(33,34)35)29(23(18)14-17)39-13-12-28(37)38;/h1-11,14-16,29H,12-13H2,(H,37,38);/q;+1/p-1. The van der Waals surface area contributed by atoms with Crippen LogP contribution in [0.2, 0.25) is 5.02 Å². The van der Waals surface area contributed by atoms with E-state index in [1.54, 1.807) is 30.4 Å². The zero-order chi connectivity index (χ0) is 27.7. The largest absolute Gasteiger partial charge is 1.00 e. The summed E-state index contributed by atoms with van der Waals surface area (Å²) >= 11 is 7.16. The summed E-state index contributed by atoms with van der Waals surface area (Å²) in [7, 11) is 0. The second-order valence-electron chi connectivity index (χ2n) is 8.93. The third-order valence-corrected chi connectivity index (χ3v) is 7.91. The number of fused-ring (bicyclic) bond motifs is 3. The second kappa shape index (κ2) is 12.5. The van der Waals surface area contributed by atoms with Gasteiger partial charge in [0.25, 0.3) is 0 Å². The molecule has 0 saturated heterocycles. The summed E-state index contributed by atoms with van der Waals surface area (Å²) in [4.78, 5) is 15.6. The minimum atomic E-state index is -4.54. The van der Waals surface area contributed by atoms with Crippen molar-refractivity contribution in [1.82, 2.24) is 4.98 Å². The van der Waals surface area contributed by atoms with Gasteiger partial charge in [0.2, 0.25) is 0 Å². The van der Waals surface area contributed by atoms with Crippen LogP contribution in [0.4, 0.5) is 17.6 Å². The van der Waals surface area contributed by atoms with Crippen LogP contribution in [0.3, 0.4) is 0 Å². The Labute approximate surface area is 259 Å². The van der Waals surface area contributed by atoms with Crippen LogP contribution in [-0.2, 0) is 11.0 Å². The van der Waals surface area contributed by atoms with Crippen LogP contribution in [0.5, 0.6) is 0 Å². The number of carboxylic acid groups (broad SMARTS) is 1. The van der Waals surface area contributed by atoms with Gasteiger partial charge in [-0.25, -0.2) is 9.37 Å². The number of benzene rings is 3. The number of alkyl halides is 3. The molecule has 0 spiro atoms. The third kappa shape index (κ3) is 6.64. The smallest absolute Gasteiger partial charge is 0.550 e. The number of rotatable bonds is 6. The van der Waals surface area contributed by atoms with Gasteiger partial charge in [0, 0.05) is 11.4 Å². The van der Waals surface area contributed by atoms with Crippen molar-refractivity contribution >= 4 is 64.5 Å². The molecule has 0 amide bonds. The average Bonchev–Trinajstić information content (AvgIpc) is 3.04. The first-order valence-corrected chi connectivity index (χ1v) is 13.3. The van der Waals surface area contributed by atoms with E-state index in [2.05, 4.69) is 4.98 Å². The quantitative estimate of drug-likeness (QED) is 0.242. The molecule has 1 heterocycles. The number of hydrogen-bond acceptors (Lipinski definition) is 4. The molecule has 40 heavy (non-hydrogen) atoms. The van der Waals surface area contributed by atoms with E-state index in [9.17, 15) is 27.5 Å². The molecule has 0 fully saturated rings. The Kier molecular flexibility index (Phi) is 9.47. The number of carbonyl (C=O) groups is 1. The Morgan fingerprint density at radius 3 is 2.58 bits per heavy atom. The second-order valence-corrected chi connectivity index (χ2v) is 10.5. The van der Waals surface area contributed by atoms with Crippen LogP contribution in [-0.4, -0.2) is 16.7 Å². The first kappa shape index (κ1) is 30.3. The molecule has 198 valence electrons. The number of nitrogens with zero attached hydrogens (tertiary/aromatic N) is 1. The first-order chi connectivity index (χ1) is 18.6. The number of thioether (sulfide) groups is 1. The molecule has 0 radical (unpaired) electrons. The van der Waals surface area contributed by atoms with Crippen molar-refractivity contribution in [2.45, 2.75) is 17.8 Å². The maximum atomic E-state index is 13.8. The van der Waals surface area contributed by atoms with Gasteiger partial charge >= 0.3 is 35.7 Å². The van der Waals surface area contributed by atoms with Crippen LogP contribution in [0.15, 0.2) is 60.7 Å². The third-order valence-electron chi connectivity index (χ3n) is 6.34. The zero-order valence-electron chi connectivity index (χ0n) is 21.1. The summed E-state index contributed by atoms with van der Waals surface area (Å²) in [6.45, 7) is 0. The molecule has 3 nitrogen and oxygen atoms in total. The van der Waals surface area contributed by atoms with E-state index < -0.39 is 28.8 Å². The van der Waals surface area contributed by atoms with Crippen LogP contribution in [0.1, 0.15) is 50.7 Å². The fourth-order valence-corrected chi connectivity index (χ4v) is 5.96. The summed E-state index contributed by atoms with van der Waals surface area (Å²) in [6, 6.07) is 15.9. The van der Waals surface area contributed by atoms with Crippen molar-refractivity contribution < 1.29 is 57.0 Å². The number of halogens is 5. The van der Waals surface area contributed by atoms with Gasteiger partial charge in [0.05, 0.1) is 27.0 Å². The van der Waals surface area contributed by atoms with E-state index in [0.717, 1.165) is 22.8 Å². The van der Waals surface area contributed by atoms with Crippen molar-refractivity contribution in [3.05, 3.63) is 111 Å². The molecule has 1 atom stereocenters. The minimum absolute atomic E-state index is 0. The summed E-state index contributed by atoms with van der Waals surface area (Å²) in [5.74, 6) is -1.57. The molecule has 4 aromatic rings. The molecule has 0 saturated carbocycles. The van der Waals surface area contributed by atoms with Crippen molar-refractivity contribution in [2.24, 2.45) is 0 Å². The zero-order valence-corrected chi connectivity index (χ0v) is 24.7. The van der Waals surface area contributed by atoms with Gasteiger partial charge in [-0.15, -0.1) is 11.8 Å². The normalized spacial score (nSPS) is 14.5. The fourth-order valence-electron chi connectivity index (χ4n) is 4.51. The van der Waals surface area contributed by atoms with Crippen LogP contribution in [0.25, 0.3) is 35.2 Å². The maximum Gasteiger partial charge on any atom is 1.00 e. The molecule has 10 heteroatoms. The monoisotopic (exact) mass is 591 g/mol. The molecule has 3 aromatic carbocycles. The van der Waals surface area contributed by atoms with Crippen LogP contribution < -0.4 is 34.7 Å². The number of pyridine rings is 1. The molecular weight excluding hydrogens is 573 g/mol. The Hall–Kier alpha value is -2.62. The van der Waals surface area contributed by atoms with Gasteiger partial charge in [-0.1, -0.05) is 60.2 Å². The SMILES string of the molecule is O=C([O-])CCSC1c2cc(C=Cc3ccc4cc(F)c(Cl)cc4n3)ccc2C=Cc2c1cccc2C(F)(F)F.[Na+]. The molecule has 0 bridgehead atoms. The number of carboxylic acids is 1. The van der Waals surface area contributed by atoms with Crippen molar-refractivity contribution in [2.75, 3.05) is 5.75 Å². The predicted molar refractivity (Wildman–Crippen MR) is 146 cm³/mol. The number of aromatic nitrogens is 1. The maximum absolute atomic E-state index is 13.8. The predicted octanol–water partition coefficient (Wildman–Crippen LogP) is 4.67. The fraction of sp³-hybridized carbons (Fsp3) is 0.133. The molecule has 5 rings (SSSR count). The summed E-state index contributed by atoms with van der Waals surface area (Å²) < 4.78 is 55.2. The van der Waals surface area contributed by atoms with Crippen molar-refractivity contribution in [1.29, 1.82) is 0 Å². The van der Waals surface area contributed by atoms with E-state index in [1.807, 2.05) is 24.3 Å². The molecule has 1 aliphatic carbocycles. The topological polar surface area (TPSA) is 53.0 Å². The Bertz CT molecular complexity index is 1660. The summed E-state index contributed by atoms with van der Waals surface area (Å²) in [6.07, 6.45) is 1.97. The van der Waals surface area contributed by atoms with Crippen molar-refractivity contribution in [3.8, 4) is 0 Å². The Morgan fingerprint density at radius 1 is 1.02 bits per heavy atom. The Morgan fingerprint density at radius 2 is 1.82 bits per heavy atom. The van der Waals surface area contributed by atoms with Gasteiger partial charge in [0.15, 0.2) is 0 Å². The Balaban J connectivity index is 0.00000370. The van der Waals surface area contributed by atoms with Gasteiger partial charge in [-0.3, -0.25) is 0 Å². The van der Waals surface area contributed by atoms with Crippen LogP contribution in [0, 0.1) is 5.82 Å². The minimum Gasteiger partial charge on any atom is -0.550 e. The van der Waals surface area contributed by atoms with Crippen molar-refractivity contribution in [3.63, 3.8) is 0 Å². The average molecular weight is 592 g/mol. The van der Waals surface area contributed by atoms with Gasteiger partial charge in [-0.05, 0) is 76.4 Å². The van der Waals surface area contributed by atoms with Crippen LogP contribution >= 0.6 is 23.4 Å². The van der Waals surface area contributed by atoms with E-state index >= 15 is 0 Å². The molecule has 0 N–H and O–H groups in total. The number of carbonyl (C=O) groups excluding carboxylic acids is 1. The molecule has 1 aliphatic rings.